The topological polar surface area (TPSA) is 9.23 Å². The molecule has 0 bridgehead atoms. The van der Waals surface area contributed by atoms with Crippen LogP contribution in [0.3, 0.4) is 0 Å². The molecule has 1 atom stereocenters. The Morgan fingerprint density at radius 2 is 1.95 bits per heavy atom. The van der Waals surface area contributed by atoms with Crippen LogP contribution in [0.4, 0.5) is 0 Å². The minimum absolute atomic E-state index is 0.569. The Hall–Kier alpha value is -2.02. The maximum atomic E-state index is 5.84. The molecule has 2 aromatic carbocycles. The first kappa shape index (κ1) is 11.8. The third kappa shape index (κ3) is 1.77. The van der Waals surface area contributed by atoms with Crippen LogP contribution in [0.25, 0.3) is 5.57 Å². The summed E-state index contributed by atoms with van der Waals surface area (Å²) in [5.41, 5.74) is 7.13. The molecular weight excluding hydrogens is 244 g/mol. The van der Waals surface area contributed by atoms with Gasteiger partial charge in [0.05, 0.1) is 6.61 Å². The molecule has 100 valence electrons. The maximum Gasteiger partial charge on any atom is 0.123 e. The molecule has 0 fully saturated rings. The first-order valence-electron chi connectivity index (χ1n) is 7.32. The highest BCUT2D eigenvalue weighted by Crippen LogP contribution is 2.46. The molecule has 1 aliphatic heterocycles. The second kappa shape index (κ2) is 4.52. The van der Waals surface area contributed by atoms with E-state index in [2.05, 4.69) is 55.5 Å². The molecule has 0 amide bonds. The van der Waals surface area contributed by atoms with E-state index < -0.39 is 0 Å². The van der Waals surface area contributed by atoms with Crippen molar-refractivity contribution in [2.24, 2.45) is 0 Å². The van der Waals surface area contributed by atoms with E-state index in [1.165, 1.54) is 27.8 Å². The van der Waals surface area contributed by atoms with Gasteiger partial charge in [0, 0.05) is 11.5 Å². The highest BCUT2D eigenvalue weighted by Gasteiger charge is 2.31. The average molecular weight is 262 g/mol. The van der Waals surface area contributed by atoms with Crippen molar-refractivity contribution >= 4 is 5.57 Å². The minimum atomic E-state index is 0.569. The van der Waals surface area contributed by atoms with Gasteiger partial charge in [0.1, 0.15) is 5.75 Å². The highest BCUT2D eigenvalue weighted by atomic mass is 16.5. The van der Waals surface area contributed by atoms with Gasteiger partial charge in [0.15, 0.2) is 0 Å². The number of hydrogen-bond acceptors (Lipinski definition) is 1. The Bertz CT molecular complexity index is 682. The monoisotopic (exact) mass is 262 g/mol. The van der Waals surface area contributed by atoms with Crippen molar-refractivity contribution in [1.82, 2.24) is 0 Å². The van der Waals surface area contributed by atoms with Gasteiger partial charge < -0.3 is 4.74 Å². The van der Waals surface area contributed by atoms with Crippen LogP contribution in [-0.4, -0.2) is 6.61 Å². The van der Waals surface area contributed by atoms with Crippen LogP contribution in [0, 0.1) is 6.92 Å². The Morgan fingerprint density at radius 3 is 2.80 bits per heavy atom. The normalized spacial score (nSPS) is 19.2. The van der Waals surface area contributed by atoms with Crippen LogP contribution < -0.4 is 4.74 Å². The molecule has 20 heavy (non-hydrogen) atoms. The molecule has 0 spiro atoms. The molecule has 2 aromatic rings. The minimum Gasteiger partial charge on any atom is -0.493 e. The van der Waals surface area contributed by atoms with E-state index in [0.29, 0.717) is 5.92 Å². The average Bonchev–Trinajstić information content (AvgIpc) is 2.89. The van der Waals surface area contributed by atoms with Gasteiger partial charge in [-0.3, -0.25) is 0 Å². The molecule has 0 radical (unpaired) electrons. The maximum absolute atomic E-state index is 5.84. The van der Waals surface area contributed by atoms with E-state index in [1.54, 1.807) is 0 Å². The lowest BCUT2D eigenvalue weighted by molar-refractivity contribution is 0.331. The molecule has 0 saturated heterocycles. The van der Waals surface area contributed by atoms with Crippen molar-refractivity contribution in [2.45, 2.75) is 25.7 Å². The lowest BCUT2D eigenvalue weighted by atomic mass is 9.80. The zero-order valence-electron chi connectivity index (χ0n) is 11.7. The first-order chi connectivity index (χ1) is 9.83. The Kier molecular flexibility index (Phi) is 2.66. The fraction of sp³-hybridized carbons (Fsp3) is 0.263. The van der Waals surface area contributed by atoms with Gasteiger partial charge in [-0.15, -0.1) is 0 Å². The molecule has 0 aromatic heterocycles. The molecule has 4 rings (SSSR count). The van der Waals surface area contributed by atoms with Gasteiger partial charge in [-0.1, -0.05) is 42.5 Å². The summed E-state index contributed by atoms with van der Waals surface area (Å²) in [4.78, 5) is 0. The molecule has 1 aliphatic carbocycles. The van der Waals surface area contributed by atoms with Crippen molar-refractivity contribution in [3.05, 3.63) is 70.8 Å². The molecule has 1 unspecified atom stereocenters. The van der Waals surface area contributed by atoms with Crippen molar-refractivity contribution in [3.63, 3.8) is 0 Å². The molecule has 1 heteroatoms. The van der Waals surface area contributed by atoms with Crippen LogP contribution in [-0.2, 0) is 6.42 Å². The van der Waals surface area contributed by atoms with E-state index in [9.17, 15) is 0 Å². The Balaban J connectivity index is 1.79. The molecule has 1 nitrogen and oxygen atoms in total. The van der Waals surface area contributed by atoms with Gasteiger partial charge in [-0.05, 0) is 48.1 Å². The second-order valence-corrected chi connectivity index (χ2v) is 5.80. The van der Waals surface area contributed by atoms with Crippen LogP contribution in [0.5, 0.6) is 5.75 Å². The number of benzene rings is 2. The van der Waals surface area contributed by atoms with Crippen molar-refractivity contribution in [3.8, 4) is 5.75 Å². The molecule has 0 N–H and O–H groups in total. The third-order valence-electron chi connectivity index (χ3n) is 4.47. The molecule has 0 saturated carbocycles. The Morgan fingerprint density at radius 1 is 1.10 bits per heavy atom. The second-order valence-electron chi connectivity index (χ2n) is 5.80. The van der Waals surface area contributed by atoms with Crippen molar-refractivity contribution in [1.29, 1.82) is 0 Å². The van der Waals surface area contributed by atoms with E-state index in [-0.39, 0.29) is 0 Å². The first-order valence-corrected chi connectivity index (χ1v) is 7.32. The summed E-state index contributed by atoms with van der Waals surface area (Å²) in [6.45, 7) is 3.07. The smallest absolute Gasteiger partial charge is 0.123 e. The molecule has 1 heterocycles. The number of rotatable bonds is 2. The zero-order valence-corrected chi connectivity index (χ0v) is 11.7. The van der Waals surface area contributed by atoms with Crippen LogP contribution in [0.2, 0.25) is 0 Å². The zero-order chi connectivity index (χ0) is 13.5. The summed E-state index contributed by atoms with van der Waals surface area (Å²) in [7, 11) is 0. The predicted molar refractivity (Wildman–Crippen MR) is 82.2 cm³/mol. The molecule has 2 aliphatic rings. The van der Waals surface area contributed by atoms with Gasteiger partial charge in [0.25, 0.3) is 0 Å². The summed E-state index contributed by atoms with van der Waals surface area (Å²) in [6, 6.07) is 15.1. The lowest BCUT2D eigenvalue weighted by Crippen LogP contribution is -2.08. The quantitative estimate of drug-likeness (QED) is 0.774. The SMILES string of the molecule is Cc1ccc2c3c1C(Cc1ccccc1)=CCC3CO2. The fourth-order valence-corrected chi connectivity index (χ4v) is 3.49. The van der Waals surface area contributed by atoms with Crippen molar-refractivity contribution < 1.29 is 4.74 Å². The van der Waals surface area contributed by atoms with E-state index in [0.717, 1.165) is 25.2 Å². The van der Waals surface area contributed by atoms with E-state index in [1.807, 2.05) is 0 Å². The fourth-order valence-electron chi connectivity index (χ4n) is 3.49. The van der Waals surface area contributed by atoms with Crippen LogP contribution in [0.1, 0.15) is 34.6 Å². The van der Waals surface area contributed by atoms with E-state index >= 15 is 0 Å². The molecular formula is C19H18O. The number of allylic oxidation sites excluding steroid dienone is 2. The summed E-state index contributed by atoms with van der Waals surface area (Å²) in [6.07, 6.45) is 4.56. The number of ether oxygens (including phenoxy) is 1. The number of hydrogen-bond donors (Lipinski definition) is 0. The van der Waals surface area contributed by atoms with Gasteiger partial charge in [-0.25, -0.2) is 0 Å². The Labute approximate surface area is 119 Å². The third-order valence-corrected chi connectivity index (χ3v) is 4.47. The number of aryl methyl sites for hydroxylation is 1. The summed E-state index contributed by atoms with van der Waals surface area (Å²) in [5, 5.41) is 0. The summed E-state index contributed by atoms with van der Waals surface area (Å²) < 4.78 is 5.84. The van der Waals surface area contributed by atoms with Crippen LogP contribution >= 0.6 is 0 Å². The van der Waals surface area contributed by atoms with Gasteiger partial charge in [-0.2, -0.15) is 0 Å². The van der Waals surface area contributed by atoms with Crippen molar-refractivity contribution in [2.75, 3.05) is 6.61 Å². The standard InChI is InChI=1S/C19H18O/c1-13-7-10-17-19-16(12-20-17)9-8-15(18(13)19)11-14-5-3-2-4-6-14/h2-8,10,16H,9,11-12H2,1H3. The highest BCUT2D eigenvalue weighted by molar-refractivity contribution is 5.77. The van der Waals surface area contributed by atoms with Gasteiger partial charge in [0.2, 0.25) is 0 Å². The van der Waals surface area contributed by atoms with Gasteiger partial charge >= 0.3 is 0 Å². The summed E-state index contributed by atoms with van der Waals surface area (Å²) in [5.74, 6) is 1.67. The lowest BCUT2D eigenvalue weighted by Gasteiger charge is -2.22. The van der Waals surface area contributed by atoms with Crippen LogP contribution in [0.15, 0.2) is 48.5 Å². The largest absolute Gasteiger partial charge is 0.493 e. The predicted octanol–water partition coefficient (Wildman–Crippen LogP) is 4.50. The van der Waals surface area contributed by atoms with E-state index in [4.69, 9.17) is 4.74 Å². The summed E-state index contributed by atoms with van der Waals surface area (Å²) >= 11 is 0.